The van der Waals surface area contributed by atoms with Gasteiger partial charge in [0, 0.05) is 5.41 Å². The molecule has 0 fully saturated rings. The van der Waals surface area contributed by atoms with Crippen molar-refractivity contribution < 1.29 is 0 Å². The molecule has 1 aromatic rings. The zero-order chi connectivity index (χ0) is 12.8. The molecule has 0 saturated carbocycles. The number of nitrogens with zero attached hydrogens (tertiary/aromatic N) is 3. The predicted molar refractivity (Wildman–Crippen MR) is 67.5 cm³/mol. The monoisotopic (exact) mass is 223 g/mol. The Morgan fingerprint density at radius 1 is 0.938 bits per heavy atom. The third kappa shape index (κ3) is 2.13. The van der Waals surface area contributed by atoms with Crippen LogP contribution in [0.3, 0.4) is 0 Å². The maximum Gasteiger partial charge on any atom is 0.0731 e. The van der Waals surface area contributed by atoms with Crippen LogP contribution in [-0.4, -0.2) is 15.0 Å². The molecule has 0 aliphatic rings. The van der Waals surface area contributed by atoms with Gasteiger partial charge in [-0.3, -0.25) is 0 Å². The molecule has 0 saturated heterocycles. The Hall–Kier alpha value is -0.860. The molecule has 0 spiro atoms. The molecule has 3 heteroatoms. The highest BCUT2D eigenvalue weighted by atomic mass is 15.4. The van der Waals surface area contributed by atoms with E-state index in [1.54, 1.807) is 0 Å². The van der Waals surface area contributed by atoms with E-state index in [0.29, 0.717) is 0 Å². The van der Waals surface area contributed by atoms with Crippen LogP contribution in [0.5, 0.6) is 0 Å². The molecule has 3 nitrogen and oxygen atoms in total. The van der Waals surface area contributed by atoms with Crippen molar-refractivity contribution in [2.24, 2.45) is 5.41 Å². The van der Waals surface area contributed by atoms with Crippen molar-refractivity contribution in [2.75, 3.05) is 0 Å². The van der Waals surface area contributed by atoms with E-state index in [-0.39, 0.29) is 16.4 Å². The van der Waals surface area contributed by atoms with Gasteiger partial charge in [0.2, 0.25) is 0 Å². The summed E-state index contributed by atoms with van der Waals surface area (Å²) in [5.74, 6) is 0. The van der Waals surface area contributed by atoms with Gasteiger partial charge in [-0.25, -0.2) is 4.68 Å². The average molecular weight is 223 g/mol. The van der Waals surface area contributed by atoms with Crippen molar-refractivity contribution in [3.8, 4) is 0 Å². The summed E-state index contributed by atoms with van der Waals surface area (Å²) in [6, 6.07) is 0. The average Bonchev–Trinajstić information content (AvgIpc) is 2.47. The van der Waals surface area contributed by atoms with Gasteiger partial charge in [0.1, 0.15) is 0 Å². The minimum atomic E-state index is -0.0195. The van der Waals surface area contributed by atoms with Crippen molar-refractivity contribution in [2.45, 2.75) is 66.3 Å². The van der Waals surface area contributed by atoms with Gasteiger partial charge in [0.15, 0.2) is 0 Å². The van der Waals surface area contributed by atoms with E-state index in [1.807, 2.05) is 10.9 Å². The molecule has 0 N–H and O–H groups in total. The molecule has 0 bridgehead atoms. The summed E-state index contributed by atoms with van der Waals surface area (Å²) in [6.07, 6.45) is 1.90. The molecule has 1 rings (SSSR count). The second-order valence-electron chi connectivity index (χ2n) is 7.08. The van der Waals surface area contributed by atoms with Crippen LogP contribution in [0.1, 0.15) is 61.1 Å². The smallest absolute Gasteiger partial charge is 0.0731 e. The molecular formula is C13H25N3. The van der Waals surface area contributed by atoms with E-state index >= 15 is 0 Å². The lowest BCUT2D eigenvalue weighted by Crippen LogP contribution is -2.39. The standard InChI is InChI=1S/C13H25N3/c1-11(2,3)13(7,8)10-9-14-15-16(10)12(4,5)6/h9H,1-8H3. The first-order valence-corrected chi connectivity index (χ1v) is 5.89. The van der Waals surface area contributed by atoms with Crippen molar-refractivity contribution in [1.82, 2.24) is 15.0 Å². The van der Waals surface area contributed by atoms with Crippen molar-refractivity contribution in [3.05, 3.63) is 11.9 Å². The largest absolute Gasteiger partial charge is 0.244 e. The molecule has 0 amide bonds. The first-order chi connectivity index (χ1) is 6.98. The van der Waals surface area contributed by atoms with Crippen molar-refractivity contribution in [1.29, 1.82) is 0 Å². The third-order valence-electron chi connectivity index (χ3n) is 3.70. The van der Waals surface area contributed by atoms with Gasteiger partial charge >= 0.3 is 0 Å². The van der Waals surface area contributed by atoms with Gasteiger partial charge < -0.3 is 0 Å². The molecule has 1 heterocycles. The van der Waals surface area contributed by atoms with Crippen LogP contribution in [0.4, 0.5) is 0 Å². The summed E-state index contributed by atoms with van der Waals surface area (Å²) >= 11 is 0. The van der Waals surface area contributed by atoms with Gasteiger partial charge in [-0.1, -0.05) is 39.8 Å². The minimum Gasteiger partial charge on any atom is -0.244 e. The highest BCUT2D eigenvalue weighted by Gasteiger charge is 2.39. The Labute approximate surface area is 99.2 Å². The summed E-state index contributed by atoms with van der Waals surface area (Å²) in [5, 5.41) is 8.32. The minimum absolute atomic E-state index is 0.0195. The van der Waals surface area contributed by atoms with E-state index < -0.39 is 0 Å². The predicted octanol–water partition coefficient (Wildman–Crippen LogP) is 3.36. The molecule has 0 radical (unpaired) electrons. The SMILES string of the molecule is CC(C)(C)n1nncc1C(C)(C)C(C)(C)C. The zero-order valence-corrected chi connectivity index (χ0v) is 11.9. The summed E-state index contributed by atoms with van der Waals surface area (Å²) in [7, 11) is 0. The van der Waals surface area contributed by atoms with Crippen LogP contribution in [0.25, 0.3) is 0 Å². The third-order valence-corrected chi connectivity index (χ3v) is 3.70. The fourth-order valence-corrected chi connectivity index (χ4v) is 1.54. The second kappa shape index (κ2) is 3.57. The lowest BCUT2D eigenvalue weighted by atomic mass is 9.67. The number of hydrogen-bond acceptors (Lipinski definition) is 2. The van der Waals surface area contributed by atoms with E-state index in [2.05, 4.69) is 65.7 Å². The lowest BCUT2D eigenvalue weighted by Gasteiger charge is -2.40. The highest BCUT2D eigenvalue weighted by Crippen LogP contribution is 2.41. The first kappa shape index (κ1) is 13.2. The molecule has 0 aromatic carbocycles. The highest BCUT2D eigenvalue weighted by molar-refractivity contribution is 5.15. The summed E-state index contributed by atoms with van der Waals surface area (Å²) in [5.41, 5.74) is 1.41. The van der Waals surface area contributed by atoms with E-state index in [0.717, 1.165) is 0 Å². The molecule has 0 atom stereocenters. The summed E-state index contributed by atoms with van der Waals surface area (Å²) in [6.45, 7) is 17.8. The summed E-state index contributed by atoms with van der Waals surface area (Å²) in [4.78, 5) is 0. The molecule has 0 unspecified atom stereocenters. The van der Waals surface area contributed by atoms with Crippen molar-refractivity contribution >= 4 is 0 Å². The molecule has 92 valence electrons. The van der Waals surface area contributed by atoms with Crippen molar-refractivity contribution in [3.63, 3.8) is 0 Å². The van der Waals surface area contributed by atoms with Crippen LogP contribution in [0.15, 0.2) is 6.20 Å². The molecule has 16 heavy (non-hydrogen) atoms. The van der Waals surface area contributed by atoms with Crippen LogP contribution >= 0.6 is 0 Å². The zero-order valence-electron chi connectivity index (χ0n) is 11.9. The Balaban J connectivity index is 3.31. The van der Waals surface area contributed by atoms with E-state index in [4.69, 9.17) is 0 Å². The Morgan fingerprint density at radius 2 is 1.44 bits per heavy atom. The molecule has 0 aliphatic heterocycles. The maximum absolute atomic E-state index is 4.23. The summed E-state index contributed by atoms with van der Waals surface area (Å²) < 4.78 is 2.04. The number of rotatable bonds is 1. The fraction of sp³-hybridized carbons (Fsp3) is 0.846. The molecular weight excluding hydrogens is 198 g/mol. The normalized spacial score (nSPS) is 14.2. The van der Waals surface area contributed by atoms with Crippen LogP contribution < -0.4 is 0 Å². The maximum atomic E-state index is 4.23. The molecule has 1 aromatic heterocycles. The van der Waals surface area contributed by atoms with Crippen LogP contribution in [-0.2, 0) is 11.0 Å². The van der Waals surface area contributed by atoms with Gasteiger partial charge in [-0.15, -0.1) is 5.10 Å². The topological polar surface area (TPSA) is 30.7 Å². The number of hydrogen-bond donors (Lipinski definition) is 0. The van der Waals surface area contributed by atoms with Gasteiger partial charge in [0.05, 0.1) is 17.4 Å². The second-order valence-corrected chi connectivity index (χ2v) is 7.08. The number of aromatic nitrogens is 3. The first-order valence-electron chi connectivity index (χ1n) is 5.89. The Kier molecular flexibility index (Phi) is 2.95. The lowest BCUT2D eigenvalue weighted by molar-refractivity contribution is 0.195. The Morgan fingerprint density at radius 3 is 1.81 bits per heavy atom. The van der Waals surface area contributed by atoms with E-state index in [9.17, 15) is 0 Å². The van der Waals surface area contributed by atoms with Gasteiger partial charge in [0.25, 0.3) is 0 Å². The fourth-order valence-electron chi connectivity index (χ4n) is 1.54. The quantitative estimate of drug-likeness (QED) is 0.731. The molecule has 0 aliphatic carbocycles. The van der Waals surface area contributed by atoms with Gasteiger partial charge in [-0.2, -0.15) is 0 Å². The van der Waals surface area contributed by atoms with Gasteiger partial charge in [-0.05, 0) is 26.2 Å². The Bertz CT molecular complexity index is 361. The van der Waals surface area contributed by atoms with Crippen LogP contribution in [0, 0.1) is 5.41 Å². The van der Waals surface area contributed by atoms with E-state index in [1.165, 1.54) is 5.69 Å². The van der Waals surface area contributed by atoms with Crippen LogP contribution in [0.2, 0.25) is 0 Å².